The van der Waals surface area contributed by atoms with E-state index in [9.17, 15) is 19.1 Å². The molecule has 1 saturated heterocycles. The van der Waals surface area contributed by atoms with Gasteiger partial charge in [0.1, 0.15) is 11.6 Å². The number of fused-ring (bicyclic) bond motifs is 1. The molecular weight excluding hydrogens is 425 g/mol. The average Bonchev–Trinajstić information content (AvgIpc) is 3.41. The summed E-state index contributed by atoms with van der Waals surface area (Å²) in [5, 5.41) is 15.0. The fourth-order valence-corrected chi connectivity index (χ4v) is 4.80. The lowest BCUT2D eigenvalue weighted by atomic mass is 9.94. The van der Waals surface area contributed by atoms with Gasteiger partial charge in [-0.15, -0.1) is 11.3 Å². The first kappa shape index (κ1) is 20.2. The number of halogens is 1. The van der Waals surface area contributed by atoms with Gasteiger partial charge in [-0.3, -0.25) is 9.59 Å². The minimum atomic E-state index is -0.816. The molecule has 0 spiro atoms. The lowest BCUT2D eigenvalue weighted by molar-refractivity contribution is -0.140. The highest BCUT2D eigenvalue weighted by atomic mass is 32.1. The number of benzene rings is 3. The number of nitrogens with zero attached hydrogens (tertiary/aromatic N) is 1. The normalized spacial score (nSPS) is 17.9. The zero-order chi connectivity index (χ0) is 22.2. The summed E-state index contributed by atoms with van der Waals surface area (Å²) in [7, 11) is 0. The Morgan fingerprint density at radius 2 is 1.69 bits per heavy atom. The van der Waals surface area contributed by atoms with Crippen LogP contribution in [0.2, 0.25) is 0 Å². The van der Waals surface area contributed by atoms with Crippen LogP contribution in [0.15, 0.2) is 89.8 Å². The third-order valence-corrected chi connectivity index (χ3v) is 6.52. The highest BCUT2D eigenvalue weighted by molar-refractivity contribution is 7.09. The van der Waals surface area contributed by atoms with E-state index in [1.807, 2.05) is 47.8 Å². The molecule has 1 N–H and O–H groups in total. The number of likely N-dealkylation sites (tertiary alicyclic amines) is 1. The number of hydrogen-bond donors (Lipinski definition) is 1. The molecule has 3 aromatic carbocycles. The summed E-state index contributed by atoms with van der Waals surface area (Å²) in [6.45, 7) is 0.221. The third kappa shape index (κ3) is 3.48. The van der Waals surface area contributed by atoms with Crippen molar-refractivity contribution in [1.82, 2.24) is 4.90 Å². The van der Waals surface area contributed by atoms with Gasteiger partial charge >= 0.3 is 0 Å². The number of Topliss-reactive ketones (excluding diaryl/α,β-unsaturated/α-hetero) is 1. The number of carbonyl (C=O) groups excluding carboxylic acids is 2. The molecule has 158 valence electrons. The summed E-state index contributed by atoms with van der Waals surface area (Å²) in [6.07, 6.45) is 0. The Morgan fingerprint density at radius 1 is 0.938 bits per heavy atom. The van der Waals surface area contributed by atoms with Crippen molar-refractivity contribution in [1.29, 1.82) is 0 Å². The lowest BCUT2D eigenvalue weighted by Crippen LogP contribution is -2.28. The van der Waals surface area contributed by atoms with Crippen LogP contribution < -0.4 is 0 Å². The first-order valence-electron chi connectivity index (χ1n) is 10.1. The maximum absolute atomic E-state index is 13.6. The largest absolute Gasteiger partial charge is 0.507 e. The van der Waals surface area contributed by atoms with Gasteiger partial charge in [-0.2, -0.15) is 0 Å². The van der Waals surface area contributed by atoms with Crippen molar-refractivity contribution in [3.63, 3.8) is 0 Å². The van der Waals surface area contributed by atoms with Crippen molar-refractivity contribution < 1.29 is 19.1 Å². The molecule has 2 heterocycles. The number of amides is 1. The van der Waals surface area contributed by atoms with Crippen LogP contribution >= 0.6 is 11.3 Å². The summed E-state index contributed by atoms with van der Waals surface area (Å²) in [4.78, 5) is 28.4. The summed E-state index contributed by atoms with van der Waals surface area (Å²) < 4.78 is 13.6. The van der Waals surface area contributed by atoms with Crippen LogP contribution in [-0.2, 0) is 16.1 Å². The smallest absolute Gasteiger partial charge is 0.295 e. The van der Waals surface area contributed by atoms with Crippen molar-refractivity contribution >= 4 is 39.6 Å². The van der Waals surface area contributed by atoms with Crippen molar-refractivity contribution in [3.8, 4) is 0 Å². The van der Waals surface area contributed by atoms with E-state index >= 15 is 0 Å². The summed E-state index contributed by atoms with van der Waals surface area (Å²) in [5.74, 6) is -2.09. The minimum Gasteiger partial charge on any atom is -0.507 e. The van der Waals surface area contributed by atoms with Gasteiger partial charge in [0.2, 0.25) is 0 Å². The number of carbonyl (C=O) groups is 2. The van der Waals surface area contributed by atoms with E-state index in [1.165, 1.54) is 28.4 Å². The second kappa shape index (κ2) is 8.05. The number of hydrogen-bond acceptors (Lipinski definition) is 4. The molecule has 4 aromatic rings. The molecule has 32 heavy (non-hydrogen) atoms. The SMILES string of the molecule is O=C1C(=O)N(Cc2cccs2)C(c2ccc(F)cc2)/C1=C(/O)c1ccc2ccccc2c1. The molecule has 0 aliphatic carbocycles. The summed E-state index contributed by atoms with van der Waals surface area (Å²) in [5.41, 5.74) is 1.02. The number of aliphatic hydroxyl groups is 1. The molecule has 1 atom stereocenters. The zero-order valence-corrected chi connectivity index (χ0v) is 17.7. The van der Waals surface area contributed by atoms with E-state index in [0.717, 1.165) is 15.6 Å². The third-order valence-electron chi connectivity index (χ3n) is 5.65. The van der Waals surface area contributed by atoms with E-state index in [4.69, 9.17) is 0 Å². The highest BCUT2D eigenvalue weighted by Crippen LogP contribution is 2.40. The van der Waals surface area contributed by atoms with Gasteiger partial charge < -0.3 is 10.0 Å². The molecule has 0 bridgehead atoms. The fraction of sp³-hybridized carbons (Fsp3) is 0.0769. The first-order chi connectivity index (χ1) is 15.5. The van der Waals surface area contributed by atoms with Crippen molar-refractivity contribution in [2.45, 2.75) is 12.6 Å². The number of aliphatic hydroxyl groups excluding tert-OH is 1. The van der Waals surface area contributed by atoms with Crippen LogP contribution in [-0.4, -0.2) is 21.7 Å². The van der Waals surface area contributed by atoms with E-state index in [0.29, 0.717) is 11.1 Å². The molecule has 1 aromatic heterocycles. The molecule has 1 amide bonds. The van der Waals surface area contributed by atoms with Crippen LogP contribution in [0.25, 0.3) is 16.5 Å². The van der Waals surface area contributed by atoms with E-state index in [-0.39, 0.29) is 17.9 Å². The quantitative estimate of drug-likeness (QED) is 0.251. The van der Waals surface area contributed by atoms with Gasteiger partial charge in [-0.1, -0.05) is 54.6 Å². The van der Waals surface area contributed by atoms with Gasteiger partial charge in [-0.05, 0) is 46.0 Å². The Kier molecular flexibility index (Phi) is 5.07. The second-order valence-electron chi connectivity index (χ2n) is 7.62. The molecule has 6 heteroatoms. The standard InChI is InChI=1S/C26H18FNO3S/c27-20-11-9-17(10-12-20)23-22(25(30)26(31)28(23)15-21-6-3-13-32-21)24(29)19-8-7-16-4-1-2-5-18(16)14-19/h1-14,23,29H,15H2/b24-22-. The first-order valence-corrected chi connectivity index (χ1v) is 11.0. The highest BCUT2D eigenvalue weighted by Gasteiger charge is 2.46. The fourth-order valence-electron chi connectivity index (χ4n) is 4.10. The molecule has 5 rings (SSSR count). The Bertz CT molecular complexity index is 1360. The monoisotopic (exact) mass is 443 g/mol. The van der Waals surface area contributed by atoms with Gasteiger partial charge in [0, 0.05) is 10.4 Å². The van der Waals surface area contributed by atoms with E-state index in [1.54, 1.807) is 24.3 Å². The maximum Gasteiger partial charge on any atom is 0.295 e. The van der Waals surface area contributed by atoms with E-state index < -0.39 is 23.5 Å². The predicted molar refractivity (Wildman–Crippen MR) is 123 cm³/mol. The van der Waals surface area contributed by atoms with Crippen LogP contribution in [0.3, 0.4) is 0 Å². The maximum atomic E-state index is 13.6. The van der Waals surface area contributed by atoms with Crippen LogP contribution in [0.5, 0.6) is 0 Å². The molecule has 1 aliphatic rings. The van der Waals surface area contributed by atoms with Gasteiger partial charge in [0.25, 0.3) is 11.7 Å². The lowest BCUT2D eigenvalue weighted by Gasteiger charge is -2.25. The number of ketones is 1. The Hall–Kier alpha value is -3.77. The van der Waals surface area contributed by atoms with Gasteiger partial charge in [-0.25, -0.2) is 4.39 Å². The molecule has 0 saturated carbocycles. The predicted octanol–water partition coefficient (Wildman–Crippen LogP) is 5.66. The minimum absolute atomic E-state index is 0.00782. The molecule has 1 aliphatic heterocycles. The van der Waals surface area contributed by atoms with Crippen molar-refractivity contribution in [2.75, 3.05) is 0 Å². The number of rotatable bonds is 4. The Morgan fingerprint density at radius 3 is 2.41 bits per heavy atom. The number of thiophene rings is 1. The molecular formula is C26H18FNO3S. The second-order valence-corrected chi connectivity index (χ2v) is 8.65. The van der Waals surface area contributed by atoms with Crippen LogP contribution in [0.1, 0.15) is 22.0 Å². The topological polar surface area (TPSA) is 57.6 Å². The van der Waals surface area contributed by atoms with Crippen molar-refractivity contribution in [3.05, 3.63) is 112 Å². The Labute approximate surface area is 187 Å². The molecule has 1 fully saturated rings. The summed E-state index contributed by atoms with van der Waals surface area (Å²) >= 11 is 1.48. The van der Waals surface area contributed by atoms with Crippen molar-refractivity contribution in [2.24, 2.45) is 0 Å². The molecule has 4 nitrogen and oxygen atoms in total. The van der Waals surface area contributed by atoms with Gasteiger partial charge in [0.15, 0.2) is 0 Å². The zero-order valence-electron chi connectivity index (χ0n) is 16.9. The van der Waals surface area contributed by atoms with E-state index in [2.05, 4.69) is 0 Å². The van der Waals surface area contributed by atoms with Crippen LogP contribution in [0, 0.1) is 5.82 Å². The van der Waals surface area contributed by atoms with Gasteiger partial charge in [0.05, 0.1) is 18.2 Å². The summed E-state index contributed by atoms with van der Waals surface area (Å²) in [6, 6.07) is 21.7. The average molecular weight is 443 g/mol. The Balaban J connectivity index is 1.67. The van der Waals surface area contributed by atoms with Crippen LogP contribution in [0.4, 0.5) is 4.39 Å². The molecule has 1 unspecified atom stereocenters. The molecule has 0 radical (unpaired) electrons.